The Morgan fingerprint density at radius 2 is 1.94 bits per heavy atom. The van der Waals surface area contributed by atoms with E-state index in [4.69, 9.17) is 5.73 Å². The van der Waals surface area contributed by atoms with Crippen LogP contribution < -0.4 is 16.4 Å². The lowest BCUT2D eigenvalue weighted by molar-refractivity contribution is -0.127. The van der Waals surface area contributed by atoms with E-state index in [1.165, 1.54) is 6.42 Å². The minimum absolute atomic E-state index is 0. The number of carbonyl (C=O) groups is 2. The number of hydrogen-bond acceptors (Lipinski definition) is 3. The molecule has 0 bridgehead atoms. The van der Waals surface area contributed by atoms with Crippen LogP contribution in [0.25, 0.3) is 0 Å². The van der Waals surface area contributed by atoms with Crippen molar-refractivity contribution in [2.24, 2.45) is 11.7 Å². The molecule has 5 nitrogen and oxygen atoms in total. The van der Waals surface area contributed by atoms with Crippen LogP contribution in [0.2, 0.25) is 0 Å². The fraction of sp³-hybridized carbons (Fsp3) is 0.818. The Labute approximate surface area is 108 Å². The molecule has 4 N–H and O–H groups in total. The smallest absolute Gasteiger partial charge is 0.239 e. The summed E-state index contributed by atoms with van der Waals surface area (Å²) in [5.74, 6) is -0.317. The van der Waals surface area contributed by atoms with Crippen LogP contribution in [-0.4, -0.2) is 30.4 Å². The van der Waals surface area contributed by atoms with E-state index in [2.05, 4.69) is 10.6 Å². The van der Waals surface area contributed by atoms with Crippen LogP contribution in [0.15, 0.2) is 0 Å². The zero-order valence-corrected chi connectivity index (χ0v) is 11.2. The lowest BCUT2D eigenvalue weighted by Crippen LogP contribution is -2.49. The highest BCUT2D eigenvalue weighted by molar-refractivity contribution is 5.87. The first kappa shape index (κ1) is 16.2. The molecule has 100 valence electrons. The van der Waals surface area contributed by atoms with E-state index in [0.717, 1.165) is 12.8 Å². The standard InChI is InChI=1S/C11H21N3O2.ClH/c1-7(2)10(12)11(16)13-6-9(15)14-8-4-3-5-8;/h7-8,10H,3-6,12H2,1-2H3,(H,13,16)(H,14,15);1H/t10-;/m0./s1. The van der Waals surface area contributed by atoms with Crippen LogP contribution in [0.3, 0.4) is 0 Å². The molecule has 17 heavy (non-hydrogen) atoms. The third-order valence-electron chi connectivity index (χ3n) is 2.91. The molecule has 0 unspecified atom stereocenters. The number of nitrogens with one attached hydrogen (secondary N) is 2. The second-order valence-corrected chi connectivity index (χ2v) is 4.68. The number of nitrogens with two attached hydrogens (primary N) is 1. The number of carbonyl (C=O) groups excluding carboxylic acids is 2. The van der Waals surface area contributed by atoms with Crippen molar-refractivity contribution in [1.29, 1.82) is 0 Å². The maximum absolute atomic E-state index is 11.4. The highest BCUT2D eigenvalue weighted by atomic mass is 35.5. The third kappa shape index (κ3) is 5.37. The highest BCUT2D eigenvalue weighted by Crippen LogP contribution is 2.17. The van der Waals surface area contributed by atoms with Crippen molar-refractivity contribution in [3.8, 4) is 0 Å². The number of amides is 2. The predicted octanol–water partition coefficient (Wildman–Crippen LogP) is 0.176. The van der Waals surface area contributed by atoms with Gasteiger partial charge < -0.3 is 16.4 Å². The van der Waals surface area contributed by atoms with E-state index < -0.39 is 6.04 Å². The van der Waals surface area contributed by atoms with Gasteiger partial charge in [-0.25, -0.2) is 0 Å². The van der Waals surface area contributed by atoms with E-state index in [9.17, 15) is 9.59 Å². The lowest BCUT2D eigenvalue weighted by atomic mass is 9.93. The van der Waals surface area contributed by atoms with Gasteiger partial charge in [-0.3, -0.25) is 9.59 Å². The molecule has 1 aliphatic rings. The lowest BCUT2D eigenvalue weighted by Gasteiger charge is -2.26. The molecule has 0 aliphatic heterocycles. The van der Waals surface area contributed by atoms with Crippen LogP contribution in [0.1, 0.15) is 33.1 Å². The Kier molecular flexibility index (Phi) is 7.15. The first-order valence-electron chi connectivity index (χ1n) is 5.83. The molecular formula is C11H22ClN3O2. The van der Waals surface area contributed by atoms with Crippen molar-refractivity contribution in [3.63, 3.8) is 0 Å². The summed E-state index contributed by atoms with van der Waals surface area (Å²) >= 11 is 0. The summed E-state index contributed by atoms with van der Waals surface area (Å²) in [7, 11) is 0. The quantitative estimate of drug-likeness (QED) is 0.661. The largest absolute Gasteiger partial charge is 0.352 e. The van der Waals surface area contributed by atoms with Gasteiger partial charge in [0, 0.05) is 6.04 Å². The average Bonchev–Trinajstić information content (AvgIpc) is 2.18. The SMILES string of the molecule is CC(C)[C@H](N)C(=O)NCC(=O)NC1CCC1.Cl. The number of hydrogen-bond donors (Lipinski definition) is 3. The van der Waals surface area contributed by atoms with Gasteiger partial charge in [-0.2, -0.15) is 0 Å². The molecule has 0 aromatic heterocycles. The zero-order chi connectivity index (χ0) is 12.1. The van der Waals surface area contributed by atoms with Crippen LogP contribution in [-0.2, 0) is 9.59 Å². The summed E-state index contributed by atoms with van der Waals surface area (Å²) < 4.78 is 0. The number of halogens is 1. The van der Waals surface area contributed by atoms with Gasteiger partial charge in [0.25, 0.3) is 0 Å². The second kappa shape index (κ2) is 7.50. The molecule has 6 heteroatoms. The van der Waals surface area contributed by atoms with Crippen LogP contribution in [0.4, 0.5) is 0 Å². The van der Waals surface area contributed by atoms with Crippen molar-refractivity contribution < 1.29 is 9.59 Å². The maximum atomic E-state index is 11.4. The van der Waals surface area contributed by atoms with Crippen LogP contribution >= 0.6 is 12.4 Å². The molecule has 0 heterocycles. The molecule has 1 fully saturated rings. The molecule has 1 aliphatic carbocycles. The van der Waals surface area contributed by atoms with Gasteiger partial charge >= 0.3 is 0 Å². The fourth-order valence-corrected chi connectivity index (χ4v) is 1.42. The van der Waals surface area contributed by atoms with E-state index in [1.807, 2.05) is 13.8 Å². The predicted molar refractivity (Wildman–Crippen MR) is 68.9 cm³/mol. The van der Waals surface area contributed by atoms with Gasteiger partial charge in [0.05, 0.1) is 12.6 Å². The van der Waals surface area contributed by atoms with Crippen molar-refractivity contribution in [3.05, 3.63) is 0 Å². The molecule has 1 rings (SSSR count). The Morgan fingerprint density at radius 1 is 1.35 bits per heavy atom. The molecule has 1 saturated carbocycles. The van der Waals surface area contributed by atoms with Crippen molar-refractivity contribution >= 4 is 24.2 Å². The van der Waals surface area contributed by atoms with E-state index in [-0.39, 0.29) is 36.7 Å². The molecule has 0 aromatic carbocycles. The Hall–Kier alpha value is -0.810. The Bertz CT molecular complexity index is 267. The van der Waals surface area contributed by atoms with Gasteiger partial charge in [0.15, 0.2) is 0 Å². The summed E-state index contributed by atoms with van der Waals surface area (Å²) in [5, 5.41) is 5.39. The molecule has 0 radical (unpaired) electrons. The Balaban J connectivity index is 0.00000256. The third-order valence-corrected chi connectivity index (χ3v) is 2.91. The summed E-state index contributed by atoms with van der Waals surface area (Å²) in [6, 6.07) is -0.236. The maximum Gasteiger partial charge on any atom is 0.239 e. The normalized spacial score (nSPS) is 16.7. The monoisotopic (exact) mass is 263 g/mol. The fourth-order valence-electron chi connectivity index (χ4n) is 1.42. The van der Waals surface area contributed by atoms with Gasteiger partial charge in [-0.05, 0) is 25.2 Å². The first-order valence-corrected chi connectivity index (χ1v) is 5.83. The highest BCUT2D eigenvalue weighted by Gasteiger charge is 2.21. The van der Waals surface area contributed by atoms with Gasteiger partial charge in [-0.1, -0.05) is 13.8 Å². The van der Waals surface area contributed by atoms with E-state index >= 15 is 0 Å². The van der Waals surface area contributed by atoms with Gasteiger partial charge in [0.1, 0.15) is 0 Å². The van der Waals surface area contributed by atoms with Gasteiger partial charge in [-0.15, -0.1) is 12.4 Å². The molecule has 1 atom stereocenters. The summed E-state index contributed by atoms with van der Waals surface area (Å²) in [4.78, 5) is 22.8. The first-order chi connectivity index (χ1) is 7.50. The van der Waals surface area contributed by atoms with Crippen LogP contribution in [0, 0.1) is 5.92 Å². The van der Waals surface area contributed by atoms with E-state index in [1.54, 1.807) is 0 Å². The minimum atomic E-state index is -0.545. The molecule has 2 amide bonds. The zero-order valence-electron chi connectivity index (χ0n) is 10.4. The average molecular weight is 264 g/mol. The summed E-state index contributed by atoms with van der Waals surface area (Å²) in [6.45, 7) is 3.77. The Morgan fingerprint density at radius 3 is 2.35 bits per heavy atom. The molecule has 0 spiro atoms. The molecule has 0 aromatic rings. The van der Waals surface area contributed by atoms with Crippen molar-refractivity contribution in [2.45, 2.75) is 45.2 Å². The van der Waals surface area contributed by atoms with Crippen LogP contribution in [0.5, 0.6) is 0 Å². The van der Waals surface area contributed by atoms with Gasteiger partial charge in [0.2, 0.25) is 11.8 Å². The van der Waals surface area contributed by atoms with Crippen molar-refractivity contribution in [1.82, 2.24) is 10.6 Å². The minimum Gasteiger partial charge on any atom is -0.352 e. The van der Waals surface area contributed by atoms with E-state index in [0.29, 0.717) is 6.04 Å². The summed E-state index contributed by atoms with van der Waals surface area (Å²) in [5.41, 5.74) is 5.64. The summed E-state index contributed by atoms with van der Waals surface area (Å²) in [6.07, 6.45) is 3.27. The topological polar surface area (TPSA) is 84.2 Å². The van der Waals surface area contributed by atoms with Crippen molar-refractivity contribution in [2.75, 3.05) is 6.54 Å². The second-order valence-electron chi connectivity index (χ2n) is 4.68. The number of rotatable bonds is 5. The molecular weight excluding hydrogens is 242 g/mol. The molecule has 0 saturated heterocycles.